The van der Waals surface area contributed by atoms with Crippen LogP contribution in [0.3, 0.4) is 0 Å². The number of carbonyl (C=O) groups is 2. The normalized spacial score (nSPS) is 12.0. The van der Waals surface area contributed by atoms with Gasteiger partial charge in [-0.15, -0.1) is 22.7 Å². The number of aryl methyl sites for hydroxylation is 1. The molecule has 2 aromatic rings. The number of esters is 1. The van der Waals surface area contributed by atoms with Crippen molar-refractivity contribution in [1.82, 2.24) is 10.3 Å². The van der Waals surface area contributed by atoms with Gasteiger partial charge in [0.2, 0.25) is 5.01 Å². The zero-order chi connectivity index (χ0) is 15.4. The molecule has 2 aromatic heterocycles. The van der Waals surface area contributed by atoms with E-state index in [1.165, 1.54) is 4.88 Å². The molecule has 2 rings (SSSR count). The lowest BCUT2D eigenvalue weighted by atomic mass is 10.2. The highest BCUT2D eigenvalue weighted by molar-refractivity contribution is 7.12. The molecule has 0 aromatic carbocycles. The maximum absolute atomic E-state index is 12.1. The van der Waals surface area contributed by atoms with Crippen LogP contribution >= 0.6 is 22.7 Å². The molecule has 0 radical (unpaired) electrons. The summed E-state index contributed by atoms with van der Waals surface area (Å²) >= 11 is 2.75. The summed E-state index contributed by atoms with van der Waals surface area (Å²) in [7, 11) is 0. The Morgan fingerprint density at radius 2 is 2.19 bits per heavy atom. The largest absolute Gasteiger partial charge is 0.461 e. The van der Waals surface area contributed by atoms with E-state index in [2.05, 4.69) is 10.3 Å². The summed E-state index contributed by atoms with van der Waals surface area (Å²) in [6.07, 6.45) is 0. The summed E-state index contributed by atoms with van der Waals surface area (Å²) in [6.45, 7) is 5.95. The zero-order valence-electron chi connectivity index (χ0n) is 12.0. The van der Waals surface area contributed by atoms with Gasteiger partial charge in [0.15, 0.2) is 0 Å². The van der Waals surface area contributed by atoms with Gasteiger partial charge >= 0.3 is 5.97 Å². The Bertz CT molecular complexity index is 648. The summed E-state index contributed by atoms with van der Waals surface area (Å²) < 4.78 is 4.85. The molecule has 7 heteroatoms. The standard InChI is InChI=1S/C14H16N2O3S2/c1-4-19-14(18)13-16-10(7-20-13)12(17)15-9(3)11-6-5-8(2)21-11/h5-7,9H,4H2,1-3H3,(H,15,17). The highest BCUT2D eigenvalue weighted by Gasteiger charge is 2.18. The lowest BCUT2D eigenvalue weighted by Gasteiger charge is -2.10. The molecule has 1 unspecified atom stereocenters. The summed E-state index contributed by atoms with van der Waals surface area (Å²) in [4.78, 5) is 29.9. The number of hydrogen-bond acceptors (Lipinski definition) is 6. The van der Waals surface area contributed by atoms with Crippen molar-refractivity contribution in [3.8, 4) is 0 Å². The minimum Gasteiger partial charge on any atom is -0.461 e. The molecular weight excluding hydrogens is 308 g/mol. The van der Waals surface area contributed by atoms with Gasteiger partial charge in [-0.05, 0) is 32.9 Å². The quantitative estimate of drug-likeness (QED) is 0.858. The molecule has 0 fully saturated rings. The zero-order valence-corrected chi connectivity index (χ0v) is 13.6. The Morgan fingerprint density at radius 3 is 2.81 bits per heavy atom. The van der Waals surface area contributed by atoms with Crippen molar-refractivity contribution < 1.29 is 14.3 Å². The molecule has 0 spiro atoms. The molecule has 2 heterocycles. The van der Waals surface area contributed by atoms with Crippen LogP contribution in [0.25, 0.3) is 0 Å². The van der Waals surface area contributed by atoms with Gasteiger partial charge in [-0.3, -0.25) is 4.79 Å². The first-order chi connectivity index (χ1) is 10.0. The SMILES string of the molecule is CCOC(=O)c1nc(C(=O)NC(C)c2ccc(C)s2)cs1. The maximum Gasteiger partial charge on any atom is 0.367 e. The third-order valence-electron chi connectivity index (χ3n) is 2.72. The molecule has 1 atom stereocenters. The van der Waals surface area contributed by atoms with Gasteiger partial charge in [0.25, 0.3) is 5.91 Å². The van der Waals surface area contributed by atoms with Gasteiger partial charge in [-0.2, -0.15) is 0 Å². The Hall–Kier alpha value is -1.73. The smallest absolute Gasteiger partial charge is 0.367 e. The molecule has 112 valence electrons. The lowest BCUT2D eigenvalue weighted by Crippen LogP contribution is -2.26. The second-order valence-electron chi connectivity index (χ2n) is 4.40. The minimum absolute atomic E-state index is 0.0936. The molecule has 0 saturated heterocycles. The molecule has 0 saturated carbocycles. The van der Waals surface area contributed by atoms with Crippen LogP contribution in [-0.2, 0) is 4.74 Å². The summed E-state index contributed by atoms with van der Waals surface area (Å²) in [6, 6.07) is 3.92. The van der Waals surface area contributed by atoms with E-state index in [0.717, 1.165) is 16.2 Å². The van der Waals surface area contributed by atoms with E-state index in [4.69, 9.17) is 4.74 Å². The molecular formula is C14H16N2O3S2. The predicted octanol–water partition coefficient (Wildman–Crippen LogP) is 3.18. The Morgan fingerprint density at radius 1 is 1.43 bits per heavy atom. The highest BCUT2D eigenvalue weighted by Crippen LogP contribution is 2.22. The molecule has 0 bridgehead atoms. The molecule has 0 aliphatic heterocycles. The molecule has 1 N–H and O–H groups in total. The van der Waals surface area contributed by atoms with Crippen LogP contribution in [0.4, 0.5) is 0 Å². The van der Waals surface area contributed by atoms with Crippen LogP contribution in [0.15, 0.2) is 17.5 Å². The molecule has 1 amide bonds. The van der Waals surface area contributed by atoms with E-state index in [-0.39, 0.29) is 29.3 Å². The Kier molecular flexibility index (Phi) is 5.08. The first-order valence-corrected chi connectivity index (χ1v) is 8.20. The third kappa shape index (κ3) is 3.89. The summed E-state index contributed by atoms with van der Waals surface area (Å²) in [5.74, 6) is -0.788. The number of amides is 1. The van der Waals surface area contributed by atoms with Crippen LogP contribution in [-0.4, -0.2) is 23.5 Å². The minimum atomic E-state index is -0.497. The van der Waals surface area contributed by atoms with E-state index < -0.39 is 5.97 Å². The predicted molar refractivity (Wildman–Crippen MR) is 83.0 cm³/mol. The average molecular weight is 324 g/mol. The summed E-state index contributed by atoms with van der Waals surface area (Å²) in [5.41, 5.74) is 0.239. The second-order valence-corrected chi connectivity index (χ2v) is 6.58. The average Bonchev–Trinajstić information content (AvgIpc) is 3.07. The number of rotatable bonds is 5. The highest BCUT2D eigenvalue weighted by atomic mass is 32.1. The number of hydrogen-bond donors (Lipinski definition) is 1. The molecule has 0 aliphatic rings. The van der Waals surface area contributed by atoms with Crippen molar-refractivity contribution in [2.75, 3.05) is 6.61 Å². The van der Waals surface area contributed by atoms with Crippen LogP contribution in [0.1, 0.15) is 49.9 Å². The number of thiazole rings is 1. The van der Waals surface area contributed by atoms with Crippen molar-refractivity contribution in [3.05, 3.63) is 38.0 Å². The van der Waals surface area contributed by atoms with Gasteiger partial charge in [0, 0.05) is 15.1 Å². The van der Waals surface area contributed by atoms with Gasteiger partial charge in [-0.1, -0.05) is 0 Å². The number of aromatic nitrogens is 1. The van der Waals surface area contributed by atoms with Gasteiger partial charge in [0.1, 0.15) is 5.69 Å². The number of nitrogens with zero attached hydrogens (tertiary/aromatic N) is 1. The number of carbonyl (C=O) groups excluding carboxylic acids is 2. The van der Waals surface area contributed by atoms with Gasteiger partial charge < -0.3 is 10.1 Å². The lowest BCUT2D eigenvalue weighted by molar-refractivity contribution is 0.0526. The van der Waals surface area contributed by atoms with Crippen molar-refractivity contribution in [2.24, 2.45) is 0 Å². The Labute approximate surface area is 131 Å². The van der Waals surface area contributed by atoms with Crippen LogP contribution < -0.4 is 5.32 Å². The van der Waals surface area contributed by atoms with E-state index >= 15 is 0 Å². The van der Waals surface area contributed by atoms with E-state index in [1.54, 1.807) is 23.6 Å². The van der Waals surface area contributed by atoms with E-state index in [9.17, 15) is 9.59 Å². The second kappa shape index (κ2) is 6.82. The van der Waals surface area contributed by atoms with E-state index in [0.29, 0.717) is 0 Å². The third-order valence-corrected chi connectivity index (χ3v) is 4.73. The van der Waals surface area contributed by atoms with Gasteiger partial charge in [0.05, 0.1) is 12.6 Å². The van der Waals surface area contributed by atoms with Crippen LogP contribution in [0, 0.1) is 6.92 Å². The molecule has 21 heavy (non-hydrogen) atoms. The number of ether oxygens (including phenoxy) is 1. The van der Waals surface area contributed by atoms with Crippen molar-refractivity contribution >= 4 is 34.6 Å². The fourth-order valence-corrected chi connectivity index (χ4v) is 3.26. The van der Waals surface area contributed by atoms with E-state index in [1.807, 2.05) is 26.0 Å². The topological polar surface area (TPSA) is 68.3 Å². The Balaban J connectivity index is 2.02. The van der Waals surface area contributed by atoms with Gasteiger partial charge in [-0.25, -0.2) is 9.78 Å². The van der Waals surface area contributed by atoms with Crippen molar-refractivity contribution in [3.63, 3.8) is 0 Å². The van der Waals surface area contributed by atoms with Crippen molar-refractivity contribution in [2.45, 2.75) is 26.8 Å². The van der Waals surface area contributed by atoms with Crippen LogP contribution in [0.5, 0.6) is 0 Å². The molecule has 5 nitrogen and oxygen atoms in total. The van der Waals surface area contributed by atoms with Crippen LogP contribution in [0.2, 0.25) is 0 Å². The fraction of sp³-hybridized carbons (Fsp3) is 0.357. The first-order valence-electron chi connectivity index (χ1n) is 6.51. The fourth-order valence-electron chi connectivity index (χ4n) is 1.69. The number of nitrogens with one attached hydrogen (secondary N) is 1. The summed E-state index contributed by atoms with van der Waals surface area (Å²) in [5, 5.41) is 4.63. The first kappa shape index (κ1) is 15.7. The number of thiophene rings is 1. The van der Waals surface area contributed by atoms with Crippen molar-refractivity contribution in [1.29, 1.82) is 0 Å². The maximum atomic E-state index is 12.1. The molecule has 0 aliphatic carbocycles. The monoisotopic (exact) mass is 324 g/mol.